The lowest BCUT2D eigenvalue weighted by molar-refractivity contribution is 0.622. The highest BCUT2D eigenvalue weighted by atomic mass is 35.5. The number of anilines is 1. The van der Waals surface area contributed by atoms with Crippen LogP contribution in [0.2, 0.25) is 5.02 Å². The van der Waals surface area contributed by atoms with Crippen LogP contribution in [-0.2, 0) is 6.54 Å². The van der Waals surface area contributed by atoms with E-state index in [2.05, 4.69) is 15.5 Å². The van der Waals surface area contributed by atoms with Crippen molar-refractivity contribution in [3.8, 4) is 11.4 Å². The summed E-state index contributed by atoms with van der Waals surface area (Å²) in [5.74, 6) is 0.228. The fraction of sp³-hybridized carbons (Fsp3) is 0.0714. The largest absolute Gasteiger partial charge is 0.398 e. The molecular formula is C14H11ClFN5. The Bertz CT molecular complexity index is 769. The van der Waals surface area contributed by atoms with Gasteiger partial charge in [0.25, 0.3) is 0 Å². The Kier molecular flexibility index (Phi) is 3.53. The fourth-order valence-electron chi connectivity index (χ4n) is 1.99. The number of nitrogen functional groups attached to an aromatic ring is 1. The molecule has 21 heavy (non-hydrogen) atoms. The van der Waals surface area contributed by atoms with E-state index in [-0.39, 0.29) is 5.82 Å². The van der Waals surface area contributed by atoms with Gasteiger partial charge in [-0.2, -0.15) is 0 Å². The van der Waals surface area contributed by atoms with Crippen LogP contribution in [-0.4, -0.2) is 20.2 Å². The van der Waals surface area contributed by atoms with Gasteiger partial charge in [0, 0.05) is 5.56 Å². The van der Waals surface area contributed by atoms with Crippen LogP contribution >= 0.6 is 11.6 Å². The predicted molar refractivity (Wildman–Crippen MR) is 78.2 cm³/mol. The van der Waals surface area contributed by atoms with Gasteiger partial charge in [-0.05, 0) is 40.3 Å². The predicted octanol–water partition coefficient (Wildman–Crippen LogP) is 2.76. The Morgan fingerprint density at radius 3 is 2.67 bits per heavy atom. The normalized spacial score (nSPS) is 10.8. The molecule has 1 aromatic heterocycles. The second kappa shape index (κ2) is 5.49. The molecule has 0 aliphatic carbocycles. The first kappa shape index (κ1) is 13.5. The van der Waals surface area contributed by atoms with Crippen molar-refractivity contribution < 1.29 is 4.39 Å². The standard InChI is InChI=1S/C14H11ClFN5/c15-13-11(2-1-3-12(13)17)14-18-19-20-21(14)8-9-4-6-10(16)7-5-9/h1-7H,8,17H2. The van der Waals surface area contributed by atoms with Crippen LogP contribution in [0, 0.1) is 5.82 Å². The summed E-state index contributed by atoms with van der Waals surface area (Å²) in [6.45, 7) is 0.410. The highest BCUT2D eigenvalue weighted by molar-refractivity contribution is 6.35. The van der Waals surface area contributed by atoms with Gasteiger partial charge in [-0.1, -0.05) is 29.8 Å². The van der Waals surface area contributed by atoms with Crippen molar-refractivity contribution in [2.45, 2.75) is 6.54 Å². The van der Waals surface area contributed by atoms with Crippen molar-refractivity contribution in [1.29, 1.82) is 0 Å². The Morgan fingerprint density at radius 1 is 1.14 bits per heavy atom. The van der Waals surface area contributed by atoms with Gasteiger partial charge < -0.3 is 5.73 Å². The maximum atomic E-state index is 12.9. The van der Waals surface area contributed by atoms with Crippen molar-refractivity contribution in [1.82, 2.24) is 20.2 Å². The zero-order valence-electron chi connectivity index (χ0n) is 10.9. The molecule has 0 fully saturated rings. The second-order valence-corrected chi connectivity index (χ2v) is 4.87. The third-order valence-corrected chi connectivity index (χ3v) is 3.47. The van der Waals surface area contributed by atoms with Crippen LogP contribution < -0.4 is 5.73 Å². The number of nitrogens with two attached hydrogens (primary N) is 1. The number of hydrogen-bond acceptors (Lipinski definition) is 4. The summed E-state index contributed by atoms with van der Waals surface area (Å²) >= 11 is 6.20. The highest BCUT2D eigenvalue weighted by Crippen LogP contribution is 2.30. The van der Waals surface area contributed by atoms with Gasteiger partial charge >= 0.3 is 0 Å². The van der Waals surface area contributed by atoms with Crippen LogP contribution in [0.5, 0.6) is 0 Å². The lowest BCUT2D eigenvalue weighted by Crippen LogP contribution is -2.05. The fourth-order valence-corrected chi connectivity index (χ4v) is 2.20. The molecule has 1 heterocycles. The number of rotatable bonds is 3. The van der Waals surface area contributed by atoms with Gasteiger partial charge in [-0.25, -0.2) is 9.07 Å². The Hall–Kier alpha value is -2.47. The average Bonchev–Trinajstić information content (AvgIpc) is 2.92. The quantitative estimate of drug-likeness (QED) is 0.755. The average molecular weight is 304 g/mol. The molecule has 0 saturated heterocycles. The van der Waals surface area contributed by atoms with Gasteiger partial charge in [-0.3, -0.25) is 0 Å². The van der Waals surface area contributed by atoms with Crippen molar-refractivity contribution in [3.05, 3.63) is 58.9 Å². The second-order valence-electron chi connectivity index (χ2n) is 4.50. The van der Waals surface area contributed by atoms with Crippen molar-refractivity contribution in [2.75, 3.05) is 5.73 Å². The molecule has 2 aromatic carbocycles. The summed E-state index contributed by atoms with van der Waals surface area (Å²) in [5.41, 5.74) is 7.79. The van der Waals surface area contributed by atoms with Crippen LogP contribution in [0.1, 0.15) is 5.56 Å². The Balaban J connectivity index is 1.97. The molecule has 0 unspecified atom stereocenters. The number of aromatic nitrogens is 4. The minimum atomic E-state index is -0.283. The third kappa shape index (κ3) is 2.71. The van der Waals surface area contributed by atoms with E-state index in [4.69, 9.17) is 17.3 Å². The summed E-state index contributed by atoms with van der Waals surface area (Å²) in [4.78, 5) is 0. The smallest absolute Gasteiger partial charge is 0.183 e. The van der Waals surface area contributed by atoms with Gasteiger partial charge in [0.05, 0.1) is 17.3 Å². The van der Waals surface area contributed by atoms with Crippen molar-refractivity contribution in [3.63, 3.8) is 0 Å². The number of halogens is 2. The number of tetrazole rings is 1. The zero-order valence-corrected chi connectivity index (χ0v) is 11.6. The van der Waals surface area contributed by atoms with E-state index in [0.717, 1.165) is 5.56 Å². The number of hydrogen-bond donors (Lipinski definition) is 1. The third-order valence-electron chi connectivity index (χ3n) is 3.05. The van der Waals surface area contributed by atoms with Gasteiger partial charge in [0.15, 0.2) is 5.82 Å². The maximum Gasteiger partial charge on any atom is 0.183 e. The first-order valence-corrected chi connectivity index (χ1v) is 6.58. The molecule has 3 rings (SSSR count). The maximum absolute atomic E-state index is 12.9. The van der Waals surface area contributed by atoms with Crippen molar-refractivity contribution in [2.24, 2.45) is 0 Å². The first-order chi connectivity index (χ1) is 10.1. The summed E-state index contributed by atoms with van der Waals surface area (Å²) in [6.07, 6.45) is 0. The Labute approximate surface area is 125 Å². The molecule has 106 valence electrons. The van der Waals surface area contributed by atoms with Crippen LogP contribution in [0.25, 0.3) is 11.4 Å². The van der Waals surface area contributed by atoms with E-state index in [1.54, 1.807) is 35.0 Å². The van der Waals surface area contributed by atoms with Gasteiger partial charge in [-0.15, -0.1) is 5.10 Å². The lowest BCUT2D eigenvalue weighted by Gasteiger charge is -2.07. The van der Waals surface area contributed by atoms with E-state index >= 15 is 0 Å². The molecule has 2 N–H and O–H groups in total. The molecule has 0 saturated carbocycles. The highest BCUT2D eigenvalue weighted by Gasteiger charge is 2.14. The van der Waals surface area contributed by atoms with Gasteiger partial charge in [0.1, 0.15) is 5.82 Å². The molecule has 0 spiro atoms. The Morgan fingerprint density at radius 2 is 1.90 bits per heavy atom. The number of benzene rings is 2. The van der Waals surface area contributed by atoms with E-state index in [0.29, 0.717) is 28.6 Å². The van der Waals surface area contributed by atoms with Crippen LogP contribution in [0.4, 0.5) is 10.1 Å². The van der Waals surface area contributed by atoms with E-state index in [1.807, 2.05) is 0 Å². The van der Waals surface area contributed by atoms with Crippen molar-refractivity contribution >= 4 is 17.3 Å². The summed E-state index contributed by atoms with van der Waals surface area (Å²) in [7, 11) is 0. The minimum absolute atomic E-state index is 0.283. The summed E-state index contributed by atoms with van der Waals surface area (Å²) < 4.78 is 14.5. The van der Waals surface area contributed by atoms with Crippen LogP contribution in [0.3, 0.4) is 0 Å². The molecule has 0 amide bonds. The molecular weight excluding hydrogens is 293 g/mol. The number of nitrogens with zero attached hydrogens (tertiary/aromatic N) is 4. The molecule has 5 nitrogen and oxygen atoms in total. The molecule has 0 bridgehead atoms. The zero-order chi connectivity index (χ0) is 14.8. The molecule has 3 aromatic rings. The van der Waals surface area contributed by atoms with Gasteiger partial charge in [0.2, 0.25) is 0 Å². The monoisotopic (exact) mass is 303 g/mol. The van der Waals surface area contributed by atoms with Crippen LogP contribution in [0.15, 0.2) is 42.5 Å². The summed E-state index contributed by atoms with van der Waals surface area (Å²) in [5, 5.41) is 12.0. The topological polar surface area (TPSA) is 69.6 Å². The van der Waals surface area contributed by atoms with E-state index in [1.165, 1.54) is 12.1 Å². The molecule has 0 atom stereocenters. The lowest BCUT2D eigenvalue weighted by atomic mass is 10.1. The SMILES string of the molecule is Nc1cccc(-c2nnnn2Cc2ccc(F)cc2)c1Cl. The van der Waals surface area contributed by atoms with E-state index < -0.39 is 0 Å². The summed E-state index contributed by atoms with van der Waals surface area (Å²) in [6, 6.07) is 11.4. The first-order valence-electron chi connectivity index (χ1n) is 6.20. The molecule has 7 heteroatoms. The minimum Gasteiger partial charge on any atom is -0.398 e. The molecule has 0 aliphatic rings. The molecule has 0 radical (unpaired) electrons. The molecule has 0 aliphatic heterocycles. The van der Waals surface area contributed by atoms with E-state index in [9.17, 15) is 4.39 Å².